The molecule has 164 valence electrons. The number of anilines is 1. The molecule has 0 radical (unpaired) electrons. The van der Waals surface area contributed by atoms with Crippen molar-refractivity contribution >= 4 is 17.3 Å². The topological polar surface area (TPSA) is 93.4 Å². The first-order chi connectivity index (χ1) is 14.7. The number of rotatable bonds is 4. The highest BCUT2D eigenvalue weighted by Gasteiger charge is 2.34. The van der Waals surface area contributed by atoms with Crippen LogP contribution in [0.2, 0.25) is 0 Å². The van der Waals surface area contributed by atoms with Gasteiger partial charge in [-0.15, -0.1) is 11.3 Å². The van der Waals surface area contributed by atoms with Gasteiger partial charge in [0.25, 0.3) is 0 Å². The Labute approximate surface area is 178 Å². The minimum Gasteiger partial charge on any atom is -0.497 e. The molecule has 0 amide bonds. The van der Waals surface area contributed by atoms with E-state index < -0.39 is 23.0 Å². The van der Waals surface area contributed by atoms with Crippen LogP contribution < -0.4 is 15.3 Å². The fourth-order valence-electron chi connectivity index (χ4n) is 3.39. The van der Waals surface area contributed by atoms with Crippen molar-refractivity contribution in [1.82, 2.24) is 19.5 Å². The second kappa shape index (κ2) is 7.93. The van der Waals surface area contributed by atoms with Crippen molar-refractivity contribution in [2.24, 2.45) is 0 Å². The maximum Gasteiger partial charge on any atom is 0.443 e. The van der Waals surface area contributed by atoms with Crippen molar-refractivity contribution in [3.05, 3.63) is 61.7 Å². The Balaban J connectivity index is 1.59. The van der Waals surface area contributed by atoms with Crippen LogP contribution in [0.25, 0.3) is 0 Å². The standard InChI is InChI=1S/C19H18F3N5O3S/c1-10-24-17(26-7-11-3-4-12(30-2)5-14(11)15(28)9-26)25-18(29)27(10)8-13-6-23-16(31-13)19(20,21)22/h3-6,15,28H,7-9H2,1-2H3. The lowest BCUT2D eigenvalue weighted by Gasteiger charge is -2.32. The number of aromatic nitrogens is 4. The fraction of sp³-hybridized carbons (Fsp3) is 0.368. The third-order valence-corrected chi connectivity index (χ3v) is 5.97. The molecule has 1 unspecified atom stereocenters. The number of aliphatic hydroxyl groups excluding tert-OH is 1. The van der Waals surface area contributed by atoms with Crippen LogP contribution in [0.3, 0.4) is 0 Å². The zero-order valence-electron chi connectivity index (χ0n) is 16.5. The van der Waals surface area contributed by atoms with Crippen LogP contribution >= 0.6 is 11.3 Å². The zero-order chi connectivity index (χ0) is 22.3. The molecule has 1 N–H and O–H groups in total. The molecule has 4 rings (SSSR count). The molecule has 0 fully saturated rings. The van der Waals surface area contributed by atoms with Crippen LogP contribution in [0, 0.1) is 6.92 Å². The highest BCUT2D eigenvalue weighted by Crippen LogP contribution is 2.33. The molecule has 0 saturated carbocycles. The third kappa shape index (κ3) is 4.26. The number of benzene rings is 1. The van der Waals surface area contributed by atoms with Crippen molar-refractivity contribution < 1.29 is 23.0 Å². The Hall–Kier alpha value is -2.99. The van der Waals surface area contributed by atoms with E-state index in [4.69, 9.17) is 4.74 Å². The van der Waals surface area contributed by atoms with E-state index in [9.17, 15) is 23.1 Å². The van der Waals surface area contributed by atoms with Gasteiger partial charge in [-0.2, -0.15) is 23.1 Å². The van der Waals surface area contributed by atoms with E-state index in [0.29, 0.717) is 29.5 Å². The van der Waals surface area contributed by atoms with E-state index in [-0.39, 0.29) is 23.9 Å². The smallest absolute Gasteiger partial charge is 0.443 e. The number of nitrogens with zero attached hydrogens (tertiary/aromatic N) is 5. The van der Waals surface area contributed by atoms with Crippen LogP contribution in [-0.2, 0) is 19.3 Å². The van der Waals surface area contributed by atoms with E-state index in [1.807, 2.05) is 6.07 Å². The zero-order valence-corrected chi connectivity index (χ0v) is 17.4. The molecule has 31 heavy (non-hydrogen) atoms. The van der Waals surface area contributed by atoms with Gasteiger partial charge in [-0.3, -0.25) is 4.57 Å². The summed E-state index contributed by atoms with van der Waals surface area (Å²) in [5, 5.41) is 9.57. The molecule has 12 heteroatoms. The quantitative estimate of drug-likeness (QED) is 0.649. The molecule has 3 heterocycles. The maximum absolute atomic E-state index is 12.8. The normalized spacial score (nSPS) is 16.3. The number of ether oxygens (including phenoxy) is 1. The Kier molecular flexibility index (Phi) is 5.43. The van der Waals surface area contributed by atoms with E-state index in [1.54, 1.807) is 31.1 Å². The highest BCUT2D eigenvalue weighted by atomic mass is 32.1. The second-order valence-corrected chi connectivity index (χ2v) is 8.15. The molecule has 3 aromatic rings. The van der Waals surface area contributed by atoms with Gasteiger partial charge < -0.3 is 14.7 Å². The number of thiazole rings is 1. The molecule has 1 atom stereocenters. The van der Waals surface area contributed by atoms with Crippen LogP contribution in [0.15, 0.2) is 29.2 Å². The minimum atomic E-state index is -4.53. The molecule has 0 aliphatic carbocycles. The average Bonchev–Trinajstić information content (AvgIpc) is 3.19. The van der Waals surface area contributed by atoms with Gasteiger partial charge >= 0.3 is 11.9 Å². The minimum absolute atomic E-state index is 0.107. The first-order valence-corrected chi connectivity index (χ1v) is 10.0. The van der Waals surface area contributed by atoms with Crippen molar-refractivity contribution in [1.29, 1.82) is 0 Å². The number of hydrogen-bond donors (Lipinski definition) is 1. The van der Waals surface area contributed by atoms with E-state index >= 15 is 0 Å². The van der Waals surface area contributed by atoms with Gasteiger partial charge in [0, 0.05) is 17.6 Å². The SMILES string of the molecule is COc1ccc2c(c1)C(O)CN(c1nc(C)n(Cc3cnc(C(F)(F)F)s3)c(=O)n1)C2. The van der Waals surface area contributed by atoms with Crippen molar-refractivity contribution in [2.75, 3.05) is 18.6 Å². The van der Waals surface area contributed by atoms with Crippen LogP contribution in [0.5, 0.6) is 5.75 Å². The summed E-state index contributed by atoms with van der Waals surface area (Å²) in [4.78, 5) is 26.3. The van der Waals surface area contributed by atoms with Crippen molar-refractivity contribution in [3.63, 3.8) is 0 Å². The lowest BCUT2D eigenvalue weighted by Crippen LogP contribution is -2.38. The van der Waals surface area contributed by atoms with Gasteiger partial charge in [0.2, 0.25) is 5.95 Å². The summed E-state index contributed by atoms with van der Waals surface area (Å²) in [5.74, 6) is 1.09. The predicted octanol–water partition coefficient (Wildman–Crippen LogP) is 2.53. The molecule has 1 aliphatic heterocycles. The molecule has 1 aromatic carbocycles. The van der Waals surface area contributed by atoms with Crippen molar-refractivity contribution in [3.8, 4) is 5.75 Å². The van der Waals surface area contributed by atoms with Crippen LogP contribution in [0.4, 0.5) is 19.1 Å². The van der Waals surface area contributed by atoms with Crippen LogP contribution in [0.1, 0.15) is 32.9 Å². The lowest BCUT2D eigenvalue weighted by atomic mass is 9.97. The maximum atomic E-state index is 12.8. The third-order valence-electron chi connectivity index (χ3n) is 4.94. The first kappa shape index (κ1) is 21.2. The van der Waals surface area contributed by atoms with E-state index in [0.717, 1.165) is 17.3 Å². The Morgan fingerprint density at radius 1 is 1.32 bits per heavy atom. The number of halogens is 3. The first-order valence-electron chi connectivity index (χ1n) is 9.23. The van der Waals surface area contributed by atoms with Crippen molar-refractivity contribution in [2.45, 2.75) is 32.3 Å². The summed E-state index contributed by atoms with van der Waals surface area (Å²) in [5.41, 5.74) is 0.958. The number of fused-ring (bicyclic) bond motifs is 1. The average molecular weight is 453 g/mol. The van der Waals surface area contributed by atoms with Gasteiger partial charge in [0.05, 0.1) is 26.3 Å². The number of methoxy groups -OCH3 is 1. The Morgan fingerprint density at radius 3 is 2.74 bits per heavy atom. The molecule has 1 aliphatic rings. The molecule has 0 spiro atoms. The fourth-order valence-corrected chi connectivity index (χ4v) is 4.16. The molecule has 0 saturated heterocycles. The summed E-state index contributed by atoms with van der Waals surface area (Å²) >= 11 is 0.475. The Morgan fingerprint density at radius 2 is 2.10 bits per heavy atom. The number of aliphatic hydroxyl groups is 1. The van der Waals surface area contributed by atoms with E-state index in [1.165, 1.54) is 4.57 Å². The highest BCUT2D eigenvalue weighted by molar-refractivity contribution is 7.11. The summed E-state index contributed by atoms with van der Waals surface area (Å²) in [6.07, 6.45) is -4.25. The number of hydrogen-bond acceptors (Lipinski definition) is 8. The van der Waals surface area contributed by atoms with E-state index in [2.05, 4.69) is 15.0 Å². The molecule has 0 bridgehead atoms. The summed E-state index contributed by atoms with van der Waals surface area (Å²) in [6, 6.07) is 5.38. The summed E-state index contributed by atoms with van der Waals surface area (Å²) < 4.78 is 44.7. The van der Waals surface area contributed by atoms with Crippen LogP contribution in [-0.4, -0.2) is 38.3 Å². The molecular weight excluding hydrogens is 435 g/mol. The number of alkyl halides is 3. The summed E-state index contributed by atoms with van der Waals surface area (Å²) in [7, 11) is 1.55. The second-order valence-electron chi connectivity index (χ2n) is 7.03. The number of aryl methyl sites for hydroxylation is 1. The predicted molar refractivity (Wildman–Crippen MR) is 106 cm³/mol. The van der Waals surface area contributed by atoms with Gasteiger partial charge in [0.15, 0.2) is 5.01 Å². The van der Waals surface area contributed by atoms with Gasteiger partial charge in [-0.25, -0.2) is 9.78 Å². The number of β-amino-alcohol motifs (C(OH)–C–C–N with tert-alkyl or cyclic N) is 1. The molecular formula is C19H18F3N5O3S. The van der Waals surface area contributed by atoms with Gasteiger partial charge in [-0.05, 0) is 30.2 Å². The molecule has 2 aromatic heterocycles. The van der Waals surface area contributed by atoms with Gasteiger partial charge in [-0.1, -0.05) is 6.07 Å². The largest absolute Gasteiger partial charge is 0.497 e. The Bertz CT molecular complexity index is 1180. The monoisotopic (exact) mass is 453 g/mol. The molecule has 8 nitrogen and oxygen atoms in total. The summed E-state index contributed by atoms with van der Waals surface area (Å²) in [6.45, 7) is 2.05. The lowest BCUT2D eigenvalue weighted by molar-refractivity contribution is -0.137. The van der Waals surface area contributed by atoms with Gasteiger partial charge in [0.1, 0.15) is 11.6 Å².